The molecular formula is C9H10BrIO2. The highest BCUT2D eigenvalue weighted by Crippen LogP contribution is 2.17. The van der Waals surface area contributed by atoms with Gasteiger partial charge in [0.1, 0.15) is 6.79 Å². The van der Waals surface area contributed by atoms with Gasteiger partial charge in [0, 0.05) is 15.2 Å². The van der Waals surface area contributed by atoms with E-state index < -0.39 is 0 Å². The molecule has 0 aliphatic heterocycles. The Hall–Kier alpha value is 0.350. The second-order valence-electron chi connectivity index (χ2n) is 2.53. The van der Waals surface area contributed by atoms with Crippen molar-refractivity contribution in [1.29, 1.82) is 0 Å². The van der Waals surface area contributed by atoms with Crippen LogP contribution in [0.2, 0.25) is 0 Å². The Balaban J connectivity index is 2.56. The molecule has 0 amide bonds. The summed E-state index contributed by atoms with van der Waals surface area (Å²) in [5.74, 6) is 0. The van der Waals surface area contributed by atoms with Gasteiger partial charge >= 0.3 is 0 Å². The van der Waals surface area contributed by atoms with Crippen molar-refractivity contribution in [3.8, 4) is 0 Å². The molecule has 2 nitrogen and oxygen atoms in total. The number of methoxy groups -OCH3 is 1. The van der Waals surface area contributed by atoms with Crippen LogP contribution in [0.15, 0.2) is 22.7 Å². The first-order valence-corrected chi connectivity index (χ1v) is 5.61. The van der Waals surface area contributed by atoms with Gasteiger partial charge in [-0.25, -0.2) is 0 Å². The van der Waals surface area contributed by atoms with E-state index in [4.69, 9.17) is 9.47 Å². The van der Waals surface area contributed by atoms with E-state index >= 15 is 0 Å². The zero-order chi connectivity index (χ0) is 9.68. The first-order chi connectivity index (χ1) is 6.22. The fraction of sp³-hybridized carbons (Fsp3) is 0.333. The van der Waals surface area contributed by atoms with E-state index in [1.807, 2.05) is 6.07 Å². The summed E-state index contributed by atoms with van der Waals surface area (Å²) in [6, 6.07) is 6.18. The van der Waals surface area contributed by atoms with Crippen LogP contribution in [0.25, 0.3) is 0 Å². The highest BCUT2D eigenvalue weighted by molar-refractivity contribution is 14.1. The maximum atomic E-state index is 5.23. The minimum Gasteiger partial charge on any atom is -0.359 e. The average molecular weight is 357 g/mol. The largest absolute Gasteiger partial charge is 0.359 e. The third-order valence-electron chi connectivity index (χ3n) is 1.39. The molecule has 4 heteroatoms. The molecule has 0 bridgehead atoms. The van der Waals surface area contributed by atoms with Crippen molar-refractivity contribution in [2.75, 3.05) is 13.9 Å². The molecule has 1 rings (SSSR count). The minimum atomic E-state index is 0.336. The van der Waals surface area contributed by atoms with Crippen LogP contribution >= 0.6 is 38.5 Å². The second-order valence-corrected chi connectivity index (χ2v) is 4.69. The van der Waals surface area contributed by atoms with Gasteiger partial charge in [0.2, 0.25) is 0 Å². The number of rotatable bonds is 4. The summed E-state index contributed by atoms with van der Waals surface area (Å²) < 4.78 is 12.3. The van der Waals surface area contributed by atoms with Gasteiger partial charge in [-0.15, -0.1) is 0 Å². The number of halogens is 2. The number of ether oxygens (including phenoxy) is 2. The van der Waals surface area contributed by atoms with Gasteiger partial charge in [0.25, 0.3) is 0 Å². The van der Waals surface area contributed by atoms with Gasteiger partial charge in [-0.2, -0.15) is 0 Å². The summed E-state index contributed by atoms with van der Waals surface area (Å²) in [6.07, 6.45) is 0. The molecule has 1 aromatic carbocycles. The van der Waals surface area contributed by atoms with Crippen LogP contribution in [0.3, 0.4) is 0 Å². The van der Waals surface area contributed by atoms with E-state index in [9.17, 15) is 0 Å². The molecule has 0 saturated carbocycles. The SMILES string of the molecule is COCOCc1cc(Br)cc(I)c1. The predicted molar refractivity (Wildman–Crippen MR) is 63.5 cm³/mol. The summed E-state index contributed by atoms with van der Waals surface area (Å²) in [5, 5.41) is 0. The first kappa shape index (κ1) is 11.4. The van der Waals surface area contributed by atoms with Crippen molar-refractivity contribution in [3.63, 3.8) is 0 Å². The number of hydrogen-bond acceptors (Lipinski definition) is 2. The van der Waals surface area contributed by atoms with Crippen molar-refractivity contribution in [1.82, 2.24) is 0 Å². The smallest absolute Gasteiger partial charge is 0.146 e. The molecule has 0 heterocycles. The van der Waals surface area contributed by atoms with E-state index in [-0.39, 0.29) is 0 Å². The second kappa shape index (κ2) is 5.95. The molecule has 0 aromatic heterocycles. The first-order valence-electron chi connectivity index (χ1n) is 3.74. The predicted octanol–water partition coefficient (Wildman–Crippen LogP) is 3.17. The number of benzene rings is 1. The Morgan fingerprint density at radius 2 is 2.15 bits per heavy atom. The lowest BCUT2D eigenvalue weighted by Gasteiger charge is -2.04. The van der Waals surface area contributed by atoms with Gasteiger partial charge in [-0.3, -0.25) is 0 Å². The van der Waals surface area contributed by atoms with E-state index in [1.165, 1.54) is 3.57 Å². The third kappa shape index (κ3) is 4.39. The molecule has 0 saturated heterocycles. The van der Waals surface area contributed by atoms with Crippen LogP contribution < -0.4 is 0 Å². The molecule has 1 aromatic rings. The molecular weight excluding hydrogens is 347 g/mol. The summed E-state index contributed by atoms with van der Waals surface area (Å²) in [4.78, 5) is 0. The molecule has 0 unspecified atom stereocenters. The van der Waals surface area contributed by atoms with Crippen LogP contribution in [0.5, 0.6) is 0 Å². The van der Waals surface area contributed by atoms with Crippen molar-refractivity contribution in [2.45, 2.75) is 6.61 Å². The van der Waals surface area contributed by atoms with Gasteiger partial charge in [-0.1, -0.05) is 15.9 Å². The Morgan fingerprint density at radius 3 is 2.77 bits per heavy atom. The molecule has 0 aliphatic carbocycles. The Kier molecular flexibility index (Phi) is 5.23. The van der Waals surface area contributed by atoms with Crippen LogP contribution in [-0.4, -0.2) is 13.9 Å². The fourth-order valence-corrected chi connectivity index (χ4v) is 2.64. The minimum absolute atomic E-state index is 0.336. The quantitative estimate of drug-likeness (QED) is 0.468. The van der Waals surface area contributed by atoms with Crippen molar-refractivity contribution in [2.24, 2.45) is 0 Å². The average Bonchev–Trinajstić information content (AvgIpc) is 2.03. The molecule has 0 radical (unpaired) electrons. The Morgan fingerprint density at radius 1 is 1.38 bits per heavy atom. The van der Waals surface area contributed by atoms with Gasteiger partial charge in [0.15, 0.2) is 0 Å². The number of hydrogen-bond donors (Lipinski definition) is 0. The summed E-state index contributed by atoms with van der Waals surface area (Å²) in [5.41, 5.74) is 1.15. The van der Waals surface area contributed by atoms with E-state index in [2.05, 4.69) is 50.7 Å². The molecule has 0 atom stereocenters. The molecule has 0 spiro atoms. The van der Waals surface area contributed by atoms with Gasteiger partial charge in [-0.05, 0) is 46.4 Å². The fourth-order valence-electron chi connectivity index (χ4n) is 0.937. The molecule has 72 valence electrons. The van der Waals surface area contributed by atoms with E-state index in [0.29, 0.717) is 13.4 Å². The molecule has 0 fully saturated rings. The Bertz CT molecular complexity index is 258. The lowest BCUT2D eigenvalue weighted by Crippen LogP contribution is -1.97. The topological polar surface area (TPSA) is 18.5 Å². The van der Waals surface area contributed by atoms with Crippen LogP contribution in [-0.2, 0) is 16.1 Å². The Labute approximate surface area is 99.9 Å². The monoisotopic (exact) mass is 356 g/mol. The maximum absolute atomic E-state index is 5.23. The van der Waals surface area contributed by atoms with Crippen LogP contribution in [0, 0.1) is 3.57 Å². The van der Waals surface area contributed by atoms with Gasteiger partial charge < -0.3 is 9.47 Å². The summed E-state index contributed by atoms with van der Waals surface area (Å²) in [7, 11) is 1.62. The van der Waals surface area contributed by atoms with E-state index in [0.717, 1.165) is 10.0 Å². The van der Waals surface area contributed by atoms with E-state index in [1.54, 1.807) is 7.11 Å². The molecule has 0 N–H and O–H groups in total. The standard InChI is InChI=1S/C9H10BrIO2/c1-12-6-13-5-7-2-8(10)4-9(11)3-7/h2-4H,5-6H2,1H3. The van der Waals surface area contributed by atoms with Crippen LogP contribution in [0.4, 0.5) is 0 Å². The van der Waals surface area contributed by atoms with Crippen molar-refractivity contribution < 1.29 is 9.47 Å². The molecule has 0 aliphatic rings. The lowest BCUT2D eigenvalue weighted by atomic mass is 10.2. The van der Waals surface area contributed by atoms with Crippen molar-refractivity contribution >= 4 is 38.5 Å². The zero-order valence-electron chi connectivity index (χ0n) is 7.22. The zero-order valence-corrected chi connectivity index (χ0v) is 11.0. The van der Waals surface area contributed by atoms with Crippen molar-refractivity contribution in [3.05, 3.63) is 31.8 Å². The molecule has 13 heavy (non-hydrogen) atoms. The van der Waals surface area contributed by atoms with Gasteiger partial charge in [0.05, 0.1) is 6.61 Å². The lowest BCUT2D eigenvalue weighted by molar-refractivity contribution is -0.0390. The normalized spacial score (nSPS) is 10.4. The van der Waals surface area contributed by atoms with Crippen LogP contribution in [0.1, 0.15) is 5.56 Å². The highest BCUT2D eigenvalue weighted by atomic mass is 127. The summed E-state index contributed by atoms with van der Waals surface area (Å²) in [6.45, 7) is 0.923. The maximum Gasteiger partial charge on any atom is 0.146 e. The highest BCUT2D eigenvalue weighted by Gasteiger charge is 1.97. The summed E-state index contributed by atoms with van der Waals surface area (Å²) >= 11 is 5.71. The third-order valence-corrected chi connectivity index (χ3v) is 2.47.